The maximum Gasteiger partial charge on any atom is 0.355 e. The second-order valence-electron chi connectivity index (χ2n) is 9.00. The number of nitro groups is 1. The van der Waals surface area contributed by atoms with E-state index in [2.05, 4.69) is 12.1 Å². The Morgan fingerprint density at radius 3 is 2.21 bits per heavy atom. The Labute approximate surface area is 223 Å². The third kappa shape index (κ3) is 3.54. The number of fused-ring (bicyclic) bond motifs is 6. The van der Waals surface area contributed by atoms with E-state index < -0.39 is 34.2 Å². The predicted molar refractivity (Wildman–Crippen MR) is 138 cm³/mol. The number of rotatable bonds is 4. The van der Waals surface area contributed by atoms with Gasteiger partial charge in [0.1, 0.15) is 5.70 Å². The summed E-state index contributed by atoms with van der Waals surface area (Å²) in [5, 5.41) is 33.2. The Morgan fingerprint density at radius 1 is 0.923 bits per heavy atom. The maximum absolute atomic E-state index is 13.5. The first-order valence-corrected chi connectivity index (χ1v) is 11.8. The van der Waals surface area contributed by atoms with E-state index in [9.17, 15) is 30.2 Å². The van der Waals surface area contributed by atoms with Crippen molar-refractivity contribution < 1.29 is 24.0 Å². The normalized spacial score (nSPS) is 18.4. The molecule has 0 bridgehead atoms. The van der Waals surface area contributed by atoms with E-state index in [1.54, 1.807) is 24.3 Å². The van der Waals surface area contributed by atoms with E-state index in [4.69, 9.17) is 9.47 Å². The SMILES string of the molecule is COC(=O)C1=C(C(=O)OC)N2c3ccccc3-c3ccccc3C2C(C#N)(C#N)C1c1cccc([N+](=O)[O-])c1. The molecule has 0 fully saturated rings. The predicted octanol–water partition coefficient (Wildman–Crippen LogP) is 4.55. The van der Waals surface area contributed by atoms with Gasteiger partial charge < -0.3 is 14.4 Å². The molecule has 10 nitrogen and oxygen atoms in total. The minimum Gasteiger partial charge on any atom is -0.466 e. The lowest BCUT2D eigenvalue weighted by atomic mass is 9.59. The minimum absolute atomic E-state index is 0.130. The van der Waals surface area contributed by atoms with Gasteiger partial charge in [-0.15, -0.1) is 0 Å². The van der Waals surface area contributed by atoms with E-state index in [1.807, 2.05) is 24.3 Å². The highest BCUT2D eigenvalue weighted by Gasteiger charge is 2.61. The Bertz CT molecular complexity index is 1650. The van der Waals surface area contributed by atoms with Gasteiger partial charge >= 0.3 is 11.9 Å². The molecule has 39 heavy (non-hydrogen) atoms. The summed E-state index contributed by atoms with van der Waals surface area (Å²) in [4.78, 5) is 39.5. The van der Waals surface area contributed by atoms with Crippen molar-refractivity contribution in [3.05, 3.63) is 105 Å². The Balaban J connectivity index is 2.00. The number of nitrogens with zero attached hydrogens (tertiary/aromatic N) is 4. The van der Waals surface area contributed by atoms with Crippen molar-refractivity contribution in [2.24, 2.45) is 5.41 Å². The molecule has 0 saturated carbocycles. The van der Waals surface area contributed by atoms with E-state index in [0.29, 0.717) is 16.8 Å². The first-order chi connectivity index (χ1) is 18.8. The van der Waals surface area contributed by atoms with Gasteiger partial charge in [0.15, 0.2) is 5.41 Å². The third-order valence-corrected chi connectivity index (χ3v) is 7.21. The summed E-state index contributed by atoms with van der Waals surface area (Å²) in [6.07, 6.45) is 0. The summed E-state index contributed by atoms with van der Waals surface area (Å²) < 4.78 is 10.2. The van der Waals surface area contributed by atoms with Crippen LogP contribution >= 0.6 is 0 Å². The number of nitriles is 2. The van der Waals surface area contributed by atoms with Crippen molar-refractivity contribution in [3.63, 3.8) is 0 Å². The number of non-ortho nitro benzene ring substituents is 1. The lowest BCUT2D eigenvalue weighted by molar-refractivity contribution is -0.384. The van der Waals surface area contributed by atoms with Crippen LogP contribution in [0.25, 0.3) is 11.1 Å². The zero-order chi connectivity index (χ0) is 27.9. The molecule has 2 heterocycles. The van der Waals surface area contributed by atoms with Crippen LogP contribution in [0.2, 0.25) is 0 Å². The number of carbonyl (C=O) groups excluding carboxylic acids is 2. The first-order valence-electron chi connectivity index (χ1n) is 11.8. The van der Waals surface area contributed by atoms with Crippen molar-refractivity contribution in [1.29, 1.82) is 10.5 Å². The van der Waals surface area contributed by atoms with Crippen molar-refractivity contribution in [2.45, 2.75) is 12.0 Å². The second kappa shape index (κ2) is 9.43. The highest BCUT2D eigenvalue weighted by molar-refractivity contribution is 6.07. The van der Waals surface area contributed by atoms with Crippen LogP contribution in [-0.2, 0) is 19.1 Å². The molecule has 0 saturated heterocycles. The van der Waals surface area contributed by atoms with Crippen LogP contribution in [0.1, 0.15) is 23.1 Å². The zero-order valence-corrected chi connectivity index (χ0v) is 20.8. The molecule has 10 heteroatoms. The van der Waals surface area contributed by atoms with Gasteiger partial charge in [-0.2, -0.15) is 10.5 Å². The van der Waals surface area contributed by atoms with Gasteiger partial charge in [0.05, 0.1) is 48.8 Å². The average Bonchev–Trinajstić information content (AvgIpc) is 2.99. The molecule has 3 aromatic carbocycles. The van der Waals surface area contributed by atoms with Gasteiger partial charge in [0.2, 0.25) is 0 Å². The van der Waals surface area contributed by atoms with Crippen LogP contribution in [0, 0.1) is 38.2 Å². The summed E-state index contributed by atoms with van der Waals surface area (Å²) in [5.41, 5.74) is -0.230. The minimum atomic E-state index is -2.04. The maximum atomic E-state index is 13.5. The van der Waals surface area contributed by atoms with Crippen LogP contribution in [-0.4, -0.2) is 31.1 Å². The summed E-state index contributed by atoms with van der Waals surface area (Å²) in [7, 11) is 2.27. The van der Waals surface area contributed by atoms with E-state index >= 15 is 0 Å². The number of methoxy groups -OCH3 is 2. The second-order valence-corrected chi connectivity index (χ2v) is 9.00. The molecular weight excluding hydrogens is 500 g/mol. The van der Waals surface area contributed by atoms with E-state index in [-0.39, 0.29) is 22.5 Å². The Morgan fingerprint density at radius 2 is 1.56 bits per heavy atom. The fraction of sp³-hybridized carbons (Fsp3) is 0.172. The zero-order valence-electron chi connectivity index (χ0n) is 20.8. The van der Waals surface area contributed by atoms with Crippen molar-refractivity contribution >= 4 is 23.3 Å². The number of benzene rings is 3. The molecular formula is C29H20N4O6. The monoisotopic (exact) mass is 520 g/mol. The van der Waals surface area contributed by atoms with Crippen molar-refractivity contribution in [2.75, 3.05) is 19.1 Å². The highest BCUT2D eigenvalue weighted by Crippen LogP contribution is 2.62. The number of ether oxygens (including phenoxy) is 2. The molecule has 5 rings (SSSR count). The van der Waals surface area contributed by atoms with Gasteiger partial charge in [0.25, 0.3) is 5.69 Å². The Kier molecular flexibility index (Phi) is 6.09. The molecule has 0 spiro atoms. The standard InChI is InChI=1S/C29H20N4O6/c1-38-27(34)23-24(17-8-7-9-18(14-17)33(36)37)29(15-30,16-31)26-21-12-4-3-10-19(21)20-11-5-6-13-22(20)32(26)25(23)28(35)39-2/h3-14,24,26H,1-2H3. The summed E-state index contributed by atoms with van der Waals surface area (Å²) in [5.74, 6) is -3.28. The van der Waals surface area contributed by atoms with Gasteiger partial charge in [-0.3, -0.25) is 10.1 Å². The van der Waals surface area contributed by atoms with Crippen molar-refractivity contribution in [1.82, 2.24) is 0 Å². The van der Waals surface area contributed by atoms with Crippen molar-refractivity contribution in [3.8, 4) is 23.3 Å². The topological polar surface area (TPSA) is 147 Å². The number of hydrogen-bond acceptors (Lipinski definition) is 9. The number of carbonyl (C=O) groups is 2. The number of para-hydroxylation sites is 1. The fourth-order valence-electron chi connectivity index (χ4n) is 5.67. The number of esters is 2. The van der Waals surface area contributed by atoms with E-state index in [1.165, 1.54) is 29.2 Å². The summed E-state index contributed by atoms with van der Waals surface area (Å²) in [6.45, 7) is 0. The average molecular weight is 521 g/mol. The van der Waals surface area contributed by atoms with Crippen LogP contribution < -0.4 is 4.90 Å². The molecule has 0 radical (unpaired) electrons. The molecule has 0 N–H and O–H groups in total. The molecule has 0 aliphatic carbocycles. The van der Waals surface area contributed by atoms with E-state index in [0.717, 1.165) is 19.8 Å². The number of anilines is 1. The fourth-order valence-corrected chi connectivity index (χ4v) is 5.67. The Hall–Kier alpha value is -5.48. The molecule has 2 atom stereocenters. The molecule has 192 valence electrons. The highest BCUT2D eigenvalue weighted by atomic mass is 16.6. The first kappa shape index (κ1) is 25.2. The summed E-state index contributed by atoms with van der Waals surface area (Å²) in [6, 6.07) is 22.9. The molecule has 2 aliphatic rings. The smallest absolute Gasteiger partial charge is 0.355 e. The third-order valence-electron chi connectivity index (χ3n) is 7.21. The van der Waals surface area contributed by atoms with Crippen LogP contribution in [0.15, 0.2) is 84.1 Å². The van der Waals surface area contributed by atoms with Gasteiger partial charge in [-0.1, -0.05) is 54.6 Å². The molecule has 2 aliphatic heterocycles. The number of nitro benzene ring substituents is 1. The van der Waals surface area contributed by atoms with Crippen LogP contribution in [0.3, 0.4) is 0 Å². The van der Waals surface area contributed by atoms with Crippen LogP contribution in [0.4, 0.5) is 11.4 Å². The van der Waals surface area contributed by atoms with Crippen LogP contribution in [0.5, 0.6) is 0 Å². The summed E-state index contributed by atoms with van der Waals surface area (Å²) >= 11 is 0. The largest absolute Gasteiger partial charge is 0.466 e. The number of hydrogen-bond donors (Lipinski definition) is 0. The molecule has 2 unspecified atom stereocenters. The lowest BCUT2D eigenvalue weighted by Gasteiger charge is -2.51. The van der Waals surface area contributed by atoms with Gasteiger partial charge in [-0.05, 0) is 22.8 Å². The molecule has 3 aromatic rings. The lowest BCUT2D eigenvalue weighted by Crippen LogP contribution is -2.52. The van der Waals surface area contributed by atoms with Gasteiger partial charge in [0, 0.05) is 23.4 Å². The quantitative estimate of drug-likeness (QED) is 0.274. The molecule has 0 amide bonds. The molecule has 0 aromatic heterocycles. The van der Waals surface area contributed by atoms with Gasteiger partial charge in [-0.25, -0.2) is 9.59 Å².